The van der Waals surface area contributed by atoms with Gasteiger partial charge in [-0.3, -0.25) is 0 Å². The Hall–Kier alpha value is -0.120. The lowest BCUT2D eigenvalue weighted by molar-refractivity contribution is 0.0518. The van der Waals surface area contributed by atoms with E-state index in [9.17, 15) is 0 Å². The molecule has 0 aliphatic carbocycles. The van der Waals surface area contributed by atoms with E-state index in [1.165, 1.54) is 32.1 Å². The minimum atomic E-state index is 0.430. The molecule has 0 spiro atoms. The Balaban J connectivity index is 1.86. The van der Waals surface area contributed by atoms with Gasteiger partial charge in [0.2, 0.25) is 0 Å². The second-order valence-corrected chi connectivity index (χ2v) is 5.88. The van der Waals surface area contributed by atoms with E-state index in [1.807, 2.05) is 0 Å². The molecule has 2 heterocycles. The van der Waals surface area contributed by atoms with E-state index in [-0.39, 0.29) is 0 Å². The summed E-state index contributed by atoms with van der Waals surface area (Å²) in [6.45, 7) is 8.49. The second-order valence-electron chi connectivity index (χ2n) is 5.88. The number of rotatable bonds is 6. The summed E-state index contributed by atoms with van der Waals surface area (Å²) in [7, 11) is 0. The van der Waals surface area contributed by atoms with E-state index in [2.05, 4.69) is 19.2 Å². The number of hydrogen-bond donors (Lipinski definition) is 1. The molecule has 2 aliphatic heterocycles. The first kappa shape index (κ1) is 14.3. The standard InChI is InChI=1S/C15H29NO2/c1-3-7-16-15(14-6-10-18-12(14)2)11-13-4-8-17-9-5-13/h12-16H,3-11H2,1-2H3. The van der Waals surface area contributed by atoms with Crippen molar-refractivity contribution in [2.75, 3.05) is 26.4 Å². The third-order valence-electron chi connectivity index (χ3n) is 4.54. The van der Waals surface area contributed by atoms with Crippen LogP contribution in [0.25, 0.3) is 0 Å². The van der Waals surface area contributed by atoms with Crippen molar-refractivity contribution in [1.82, 2.24) is 5.32 Å². The molecule has 2 saturated heterocycles. The third kappa shape index (κ3) is 3.94. The minimum absolute atomic E-state index is 0.430. The van der Waals surface area contributed by atoms with E-state index in [1.54, 1.807) is 0 Å². The Morgan fingerprint density at radius 2 is 1.94 bits per heavy atom. The highest BCUT2D eigenvalue weighted by Gasteiger charge is 2.33. The van der Waals surface area contributed by atoms with Crippen LogP contribution in [0.5, 0.6) is 0 Å². The smallest absolute Gasteiger partial charge is 0.0590 e. The summed E-state index contributed by atoms with van der Waals surface area (Å²) in [6.07, 6.45) is 6.66. The summed E-state index contributed by atoms with van der Waals surface area (Å²) >= 11 is 0. The normalized spacial score (nSPS) is 31.7. The third-order valence-corrected chi connectivity index (χ3v) is 4.54. The minimum Gasteiger partial charge on any atom is -0.381 e. The molecule has 0 amide bonds. The lowest BCUT2D eigenvalue weighted by Gasteiger charge is -2.32. The van der Waals surface area contributed by atoms with Gasteiger partial charge in [-0.05, 0) is 51.5 Å². The highest BCUT2D eigenvalue weighted by atomic mass is 16.5. The van der Waals surface area contributed by atoms with Crippen LogP contribution in [0.3, 0.4) is 0 Å². The van der Waals surface area contributed by atoms with Gasteiger partial charge in [-0.2, -0.15) is 0 Å². The van der Waals surface area contributed by atoms with Crippen LogP contribution in [-0.2, 0) is 9.47 Å². The Labute approximate surface area is 112 Å². The van der Waals surface area contributed by atoms with Crippen molar-refractivity contribution in [3.8, 4) is 0 Å². The van der Waals surface area contributed by atoms with Gasteiger partial charge in [0.25, 0.3) is 0 Å². The van der Waals surface area contributed by atoms with Crippen molar-refractivity contribution in [3.05, 3.63) is 0 Å². The van der Waals surface area contributed by atoms with Crippen molar-refractivity contribution in [2.45, 2.75) is 58.1 Å². The van der Waals surface area contributed by atoms with Gasteiger partial charge in [0, 0.05) is 31.8 Å². The lowest BCUT2D eigenvalue weighted by atomic mass is 9.84. The summed E-state index contributed by atoms with van der Waals surface area (Å²) in [5, 5.41) is 3.77. The topological polar surface area (TPSA) is 30.5 Å². The summed E-state index contributed by atoms with van der Waals surface area (Å²) in [6, 6.07) is 0.644. The van der Waals surface area contributed by atoms with E-state index >= 15 is 0 Å². The summed E-state index contributed by atoms with van der Waals surface area (Å²) in [5.41, 5.74) is 0. The molecule has 0 aromatic heterocycles. The van der Waals surface area contributed by atoms with Crippen LogP contribution >= 0.6 is 0 Å². The van der Waals surface area contributed by atoms with Gasteiger partial charge in [-0.15, -0.1) is 0 Å². The molecule has 0 saturated carbocycles. The number of nitrogens with one attached hydrogen (secondary N) is 1. The largest absolute Gasteiger partial charge is 0.381 e. The maximum Gasteiger partial charge on any atom is 0.0590 e. The molecule has 2 fully saturated rings. The zero-order valence-electron chi connectivity index (χ0n) is 12.0. The van der Waals surface area contributed by atoms with E-state index in [0.717, 1.165) is 32.3 Å². The second kappa shape index (κ2) is 7.46. The fourth-order valence-corrected chi connectivity index (χ4v) is 3.36. The first-order valence-corrected chi connectivity index (χ1v) is 7.74. The molecule has 3 nitrogen and oxygen atoms in total. The van der Waals surface area contributed by atoms with Crippen LogP contribution in [0.15, 0.2) is 0 Å². The molecule has 1 N–H and O–H groups in total. The maximum atomic E-state index is 5.75. The van der Waals surface area contributed by atoms with Crippen molar-refractivity contribution in [1.29, 1.82) is 0 Å². The van der Waals surface area contributed by atoms with Gasteiger partial charge >= 0.3 is 0 Å². The van der Waals surface area contributed by atoms with E-state index < -0.39 is 0 Å². The highest BCUT2D eigenvalue weighted by Crippen LogP contribution is 2.30. The van der Waals surface area contributed by atoms with Gasteiger partial charge in [0.15, 0.2) is 0 Å². The SMILES string of the molecule is CCCNC(CC1CCOCC1)C1CCOC1C. The van der Waals surface area contributed by atoms with Crippen LogP contribution < -0.4 is 5.32 Å². The summed E-state index contributed by atoms with van der Waals surface area (Å²) in [5.74, 6) is 1.56. The van der Waals surface area contributed by atoms with Crippen LogP contribution in [0.4, 0.5) is 0 Å². The lowest BCUT2D eigenvalue weighted by Crippen LogP contribution is -2.41. The molecular formula is C15H29NO2. The highest BCUT2D eigenvalue weighted by molar-refractivity contribution is 4.86. The molecule has 18 heavy (non-hydrogen) atoms. The predicted octanol–water partition coefficient (Wildman–Crippen LogP) is 2.60. The predicted molar refractivity (Wildman–Crippen MR) is 73.8 cm³/mol. The monoisotopic (exact) mass is 255 g/mol. The van der Waals surface area contributed by atoms with Gasteiger partial charge in [0.1, 0.15) is 0 Å². The molecule has 3 unspecified atom stereocenters. The average Bonchev–Trinajstić information content (AvgIpc) is 2.82. The van der Waals surface area contributed by atoms with Crippen molar-refractivity contribution in [2.24, 2.45) is 11.8 Å². The van der Waals surface area contributed by atoms with Gasteiger partial charge in [-0.1, -0.05) is 6.92 Å². The molecule has 106 valence electrons. The fourth-order valence-electron chi connectivity index (χ4n) is 3.36. The molecular weight excluding hydrogens is 226 g/mol. The molecule has 0 bridgehead atoms. The summed E-state index contributed by atoms with van der Waals surface area (Å²) in [4.78, 5) is 0. The first-order valence-electron chi connectivity index (χ1n) is 7.74. The Kier molecular flexibility index (Phi) is 5.93. The first-order chi connectivity index (χ1) is 8.81. The molecule has 2 rings (SSSR count). The zero-order chi connectivity index (χ0) is 12.8. The maximum absolute atomic E-state index is 5.75. The van der Waals surface area contributed by atoms with Gasteiger partial charge < -0.3 is 14.8 Å². The fraction of sp³-hybridized carbons (Fsp3) is 1.00. The zero-order valence-corrected chi connectivity index (χ0v) is 12.0. The Morgan fingerprint density at radius 3 is 2.56 bits per heavy atom. The number of ether oxygens (including phenoxy) is 2. The van der Waals surface area contributed by atoms with Crippen LogP contribution in [-0.4, -0.2) is 38.5 Å². The summed E-state index contributed by atoms with van der Waals surface area (Å²) < 4.78 is 11.2. The average molecular weight is 255 g/mol. The van der Waals surface area contributed by atoms with Gasteiger partial charge in [0.05, 0.1) is 6.10 Å². The molecule has 3 atom stereocenters. The quantitative estimate of drug-likeness (QED) is 0.791. The van der Waals surface area contributed by atoms with E-state index in [0.29, 0.717) is 18.1 Å². The number of hydrogen-bond acceptors (Lipinski definition) is 3. The van der Waals surface area contributed by atoms with E-state index in [4.69, 9.17) is 9.47 Å². The molecule has 0 aromatic carbocycles. The Morgan fingerprint density at radius 1 is 1.17 bits per heavy atom. The molecule has 3 heteroatoms. The Bertz CT molecular complexity index is 229. The molecule has 2 aliphatic rings. The van der Waals surface area contributed by atoms with Crippen LogP contribution in [0.1, 0.15) is 46.0 Å². The van der Waals surface area contributed by atoms with Crippen molar-refractivity contribution in [3.63, 3.8) is 0 Å². The van der Waals surface area contributed by atoms with Gasteiger partial charge in [-0.25, -0.2) is 0 Å². The van der Waals surface area contributed by atoms with Crippen LogP contribution in [0.2, 0.25) is 0 Å². The van der Waals surface area contributed by atoms with Crippen LogP contribution in [0, 0.1) is 11.8 Å². The van der Waals surface area contributed by atoms with Crippen molar-refractivity contribution < 1.29 is 9.47 Å². The van der Waals surface area contributed by atoms with Crippen molar-refractivity contribution >= 4 is 0 Å². The molecule has 0 radical (unpaired) electrons. The molecule has 0 aromatic rings.